The van der Waals surface area contributed by atoms with E-state index in [1.807, 2.05) is 13.0 Å². The molecule has 0 spiro atoms. The van der Waals surface area contributed by atoms with Gasteiger partial charge >= 0.3 is 5.69 Å². The number of anilines is 1. The number of aromatic amines is 2. The van der Waals surface area contributed by atoms with Crippen molar-refractivity contribution in [3.8, 4) is 11.5 Å². The molecular weight excluding hydrogens is 326 g/mol. The molecule has 0 aliphatic carbocycles. The van der Waals surface area contributed by atoms with Crippen LogP contribution in [0.4, 0.5) is 5.82 Å². The lowest BCUT2D eigenvalue weighted by atomic mass is 9.75. The van der Waals surface area contributed by atoms with E-state index >= 15 is 0 Å². The lowest BCUT2D eigenvalue weighted by Gasteiger charge is -2.36. The van der Waals surface area contributed by atoms with Crippen LogP contribution in [-0.4, -0.2) is 34.4 Å². The Hall–Kier alpha value is -2.78. The van der Waals surface area contributed by atoms with E-state index in [4.69, 9.17) is 4.74 Å². The number of aromatic nitrogens is 2. The van der Waals surface area contributed by atoms with Crippen LogP contribution in [0.2, 0.25) is 0 Å². The summed E-state index contributed by atoms with van der Waals surface area (Å²) in [5.74, 6) is 0.423. The Balaban J connectivity index is 1.93. The van der Waals surface area contributed by atoms with Crippen LogP contribution < -0.4 is 32.2 Å². The van der Waals surface area contributed by atoms with Gasteiger partial charge < -0.3 is 15.2 Å². The lowest BCUT2D eigenvalue weighted by molar-refractivity contribution is 0.367. The smallest absolute Gasteiger partial charge is 0.327 e. The third kappa shape index (κ3) is 2.39. The summed E-state index contributed by atoms with van der Waals surface area (Å²) >= 11 is 0. The van der Waals surface area contributed by atoms with Crippen LogP contribution in [0, 0.1) is 5.92 Å². The van der Waals surface area contributed by atoms with Gasteiger partial charge in [-0.2, -0.15) is 0 Å². The molecule has 0 amide bonds. The number of phenolic OH excluding ortho intramolecular Hbond substituents is 1. The van der Waals surface area contributed by atoms with Gasteiger partial charge in [0, 0.05) is 17.9 Å². The first-order chi connectivity index (χ1) is 12.0. The molecule has 9 nitrogen and oxygen atoms in total. The molecule has 2 aliphatic rings. The number of nitrogens with one attached hydrogen (secondary N) is 5. The molecule has 1 saturated heterocycles. The zero-order chi connectivity index (χ0) is 17.7. The highest BCUT2D eigenvalue weighted by molar-refractivity contribution is 5.55. The van der Waals surface area contributed by atoms with Crippen LogP contribution in [0.25, 0.3) is 0 Å². The molecule has 1 aromatic heterocycles. The van der Waals surface area contributed by atoms with Gasteiger partial charge in [0.05, 0.1) is 18.8 Å². The molecule has 2 aliphatic heterocycles. The summed E-state index contributed by atoms with van der Waals surface area (Å²) in [5.41, 5.74) is 6.52. The van der Waals surface area contributed by atoms with Crippen molar-refractivity contribution in [2.45, 2.75) is 25.0 Å². The number of hydrazine groups is 1. The molecule has 0 bridgehead atoms. The average Bonchev–Trinajstić information content (AvgIpc) is 2.93. The van der Waals surface area contributed by atoms with Gasteiger partial charge in [-0.05, 0) is 24.6 Å². The fraction of sp³-hybridized carbons (Fsp3) is 0.375. The van der Waals surface area contributed by atoms with Gasteiger partial charge in [0.25, 0.3) is 5.56 Å². The predicted molar refractivity (Wildman–Crippen MR) is 90.8 cm³/mol. The van der Waals surface area contributed by atoms with Gasteiger partial charge in [0.15, 0.2) is 11.5 Å². The first-order valence-corrected chi connectivity index (χ1v) is 8.00. The van der Waals surface area contributed by atoms with E-state index in [-0.39, 0.29) is 29.8 Å². The number of hydrogen-bond donors (Lipinski definition) is 6. The van der Waals surface area contributed by atoms with Crippen LogP contribution in [0.15, 0.2) is 27.8 Å². The minimum absolute atomic E-state index is 0.00375. The molecule has 0 saturated carbocycles. The number of H-pyrrole nitrogens is 2. The summed E-state index contributed by atoms with van der Waals surface area (Å²) in [6, 6.07) is 5.16. The maximum absolute atomic E-state index is 12.5. The van der Waals surface area contributed by atoms with Crippen molar-refractivity contribution in [1.82, 2.24) is 20.8 Å². The average molecular weight is 345 g/mol. The number of benzene rings is 1. The van der Waals surface area contributed by atoms with E-state index < -0.39 is 11.2 Å². The third-order valence-corrected chi connectivity index (χ3v) is 4.97. The third-order valence-electron chi connectivity index (χ3n) is 4.97. The predicted octanol–water partition coefficient (Wildman–Crippen LogP) is -0.227. The maximum Gasteiger partial charge on any atom is 0.327 e. The summed E-state index contributed by atoms with van der Waals surface area (Å²) in [5, 5.41) is 13.3. The molecule has 9 heteroatoms. The molecule has 4 rings (SSSR count). The molecule has 1 aromatic carbocycles. The minimum atomic E-state index is -0.565. The molecule has 2 aromatic rings. The molecule has 3 heterocycles. The Morgan fingerprint density at radius 3 is 2.68 bits per heavy atom. The lowest BCUT2D eigenvalue weighted by Crippen LogP contribution is -2.47. The highest BCUT2D eigenvalue weighted by atomic mass is 16.5. The fourth-order valence-corrected chi connectivity index (χ4v) is 3.86. The Labute approximate surface area is 142 Å². The Kier molecular flexibility index (Phi) is 3.55. The van der Waals surface area contributed by atoms with Gasteiger partial charge in [-0.15, -0.1) is 0 Å². The normalized spacial score (nSPS) is 27.3. The van der Waals surface area contributed by atoms with E-state index in [1.165, 1.54) is 7.11 Å². The van der Waals surface area contributed by atoms with Gasteiger partial charge in [0.2, 0.25) is 0 Å². The molecular formula is C16H19N5O4. The summed E-state index contributed by atoms with van der Waals surface area (Å²) < 4.78 is 5.10. The maximum atomic E-state index is 12.5. The molecule has 132 valence electrons. The molecule has 0 radical (unpaired) electrons. The standard InChI is InChI=1S/C16H19N5O4/c1-6-10-11(7-3-4-9(25-2)8(22)5-7)12-13(17-14(10)21-20-6)18-16(24)19-15(12)23/h3-6,10-11,14,20-22H,1-2H3,(H3,17,18,19,23,24). The van der Waals surface area contributed by atoms with Crippen molar-refractivity contribution < 1.29 is 9.84 Å². The monoisotopic (exact) mass is 345 g/mol. The van der Waals surface area contributed by atoms with E-state index in [2.05, 4.69) is 26.1 Å². The van der Waals surface area contributed by atoms with Crippen LogP contribution >= 0.6 is 0 Å². The fourth-order valence-electron chi connectivity index (χ4n) is 3.86. The molecule has 25 heavy (non-hydrogen) atoms. The largest absolute Gasteiger partial charge is 0.504 e. The second kappa shape index (κ2) is 5.64. The van der Waals surface area contributed by atoms with Gasteiger partial charge in [-0.25, -0.2) is 10.2 Å². The summed E-state index contributed by atoms with van der Waals surface area (Å²) in [6.45, 7) is 2.01. The molecule has 4 atom stereocenters. The second-order valence-electron chi connectivity index (χ2n) is 6.38. The Morgan fingerprint density at radius 1 is 1.16 bits per heavy atom. The van der Waals surface area contributed by atoms with Crippen molar-refractivity contribution in [2.24, 2.45) is 5.92 Å². The Morgan fingerprint density at radius 2 is 1.96 bits per heavy atom. The number of fused-ring (bicyclic) bond motifs is 2. The minimum Gasteiger partial charge on any atom is -0.504 e. The van der Waals surface area contributed by atoms with Crippen molar-refractivity contribution in [1.29, 1.82) is 0 Å². The van der Waals surface area contributed by atoms with Crippen molar-refractivity contribution in [3.63, 3.8) is 0 Å². The summed E-state index contributed by atoms with van der Waals surface area (Å²) in [6.07, 6.45) is -0.172. The molecule has 4 unspecified atom stereocenters. The number of ether oxygens (including phenoxy) is 1. The van der Waals surface area contributed by atoms with E-state index in [0.717, 1.165) is 5.56 Å². The number of phenols is 1. The first-order valence-electron chi connectivity index (χ1n) is 8.00. The van der Waals surface area contributed by atoms with Crippen molar-refractivity contribution in [3.05, 3.63) is 50.2 Å². The number of hydrogen-bond acceptors (Lipinski definition) is 7. The van der Waals surface area contributed by atoms with Crippen LogP contribution in [0.1, 0.15) is 24.0 Å². The highest BCUT2D eigenvalue weighted by Crippen LogP contribution is 2.43. The van der Waals surface area contributed by atoms with Crippen molar-refractivity contribution >= 4 is 5.82 Å². The van der Waals surface area contributed by atoms with Gasteiger partial charge in [-0.1, -0.05) is 6.07 Å². The molecule has 1 fully saturated rings. The number of rotatable bonds is 2. The number of methoxy groups -OCH3 is 1. The van der Waals surface area contributed by atoms with Gasteiger partial charge in [0.1, 0.15) is 5.82 Å². The van der Waals surface area contributed by atoms with Gasteiger partial charge in [-0.3, -0.25) is 20.2 Å². The van der Waals surface area contributed by atoms with Crippen molar-refractivity contribution in [2.75, 3.05) is 12.4 Å². The second-order valence-corrected chi connectivity index (χ2v) is 6.38. The van der Waals surface area contributed by atoms with Crippen LogP contribution in [0.3, 0.4) is 0 Å². The topological polar surface area (TPSA) is 131 Å². The van der Waals surface area contributed by atoms with E-state index in [1.54, 1.807) is 12.1 Å². The van der Waals surface area contributed by atoms with E-state index in [0.29, 0.717) is 17.1 Å². The first kappa shape index (κ1) is 15.7. The quantitative estimate of drug-likeness (QED) is 0.443. The summed E-state index contributed by atoms with van der Waals surface area (Å²) in [4.78, 5) is 29.1. The molecule has 6 N–H and O–H groups in total. The van der Waals surface area contributed by atoms with E-state index in [9.17, 15) is 14.7 Å². The number of aromatic hydroxyl groups is 1. The SMILES string of the molecule is COc1ccc(C2c3c([nH]c(=O)[nH]c3=O)NC3NNC(C)C32)cc1O. The Bertz CT molecular complexity index is 937. The van der Waals surface area contributed by atoms with Crippen LogP contribution in [0.5, 0.6) is 11.5 Å². The van der Waals surface area contributed by atoms with Crippen LogP contribution in [-0.2, 0) is 0 Å². The zero-order valence-electron chi connectivity index (χ0n) is 13.7. The zero-order valence-corrected chi connectivity index (χ0v) is 13.7. The highest BCUT2D eigenvalue weighted by Gasteiger charge is 2.46. The summed E-state index contributed by atoms with van der Waals surface area (Å²) in [7, 11) is 1.48.